The molecule has 1 aliphatic rings. The van der Waals surface area contributed by atoms with Gasteiger partial charge >= 0.3 is 0 Å². The Morgan fingerprint density at radius 2 is 2.08 bits per heavy atom. The van der Waals surface area contributed by atoms with Gasteiger partial charge in [0, 0.05) is 13.0 Å². The van der Waals surface area contributed by atoms with Crippen LogP contribution in [0, 0.1) is 11.6 Å². The summed E-state index contributed by atoms with van der Waals surface area (Å²) in [7, 11) is 1.57. The monoisotopic (exact) mass is 361 g/mol. The molecule has 3 rings (SSSR count). The number of hydrogen-bond acceptors (Lipinski definition) is 3. The van der Waals surface area contributed by atoms with E-state index in [1.165, 1.54) is 0 Å². The molecule has 1 fully saturated rings. The number of ether oxygens (including phenoxy) is 1. The van der Waals surface area contributed by atoms with Crippen LogP contribution in [0.4, 0.5) is 8.78 Å². The number of aryl methyl sites for hydroxylation is 1. The van der Waals surface area contributed by atoms with E-state index in [-0.39, 0.29) is 36.9 Å². The molecule has 2 aromatic rings. The number of carbonyl (C=O) groups excluding carboxylic acids is 1. The number of hydrogen-bond donors (Lipinski definition) is 1. The second-order valence-electron chi connectivity index (χ2n) is 6.46. The Bertz CT molecular complexity index is 796. The Balaban J connectivity index is 1.73. The molecule has 2 aromatic carbocycles. The second-order valence-corrected chi connectivity index (χ2v) is 6.46. The molecule has 26 heavy (non-hydrogen) atoms. The van der Waals surface area contributed by atoms with E-state index in [1.807, 2.05) is 24.3 Å². The first-order valence-electron chi connectivity index (χ1n) is 8.53. The van der Waals surface area contributed by atoms with Gasteiger partial charge in [-0.3, -0.25) is 4.79 Å². The third-order valence-corrected chi connectivity index (χ3v) is 4.69. The van der Waals surface area contributed by atoms with Crippen molar-refractivity contribution >= 4 is 5.91 Å². The van der Waals surface area contributed by atoms with Crippen LogP contribution in [-0.4, -0.2) is 35.7 Å². The van der Waals surface area contributed by atoms with Crippen LogP contribution in [0.15, 0.2) is 42.5 Å². The van der Waals surface area contributed by atoms with Crippen molar-refractivity contribution in [2.45, 2.75) is 31.4 Å². The molecule has 0 aromatic heterocycles. The van der Waals surface area contributed by atoms with Crippen molar-refractivity contribution in [2.24, 2.45) is 0 Å². The number of halogens is 2. The summed E-state index contributed by atoms with van der Waals surface area (Å²) < 4.78 is 32.2. The largest absolute Gasteiger partial charge is 0.497 e. The molecule has 1 N–H and O–H groups in total. The molecule has 0 spiro atoms. The van der Waals surface area contributed by atoms with Crippen molar-refractivity contribution in [1.29, 1.82) is 0 Å². The van der Waals surface area contributed by atoms with E-state index < -0.39 is 17.7 Å². The van der Waals surface area contributed by atoms with E-state index in [0.29, 0.717) is 12.2 Å². The number of likely N-dealkylation sites (tertiary alicyclic amines) is 1. The number of carbonyl (C=O) groups is 1. The predicted molar refractivity (Wildman–Crippen MR) is 92.8 cm³/mol. The van der Waals surface area contributed by atoms with E-state index in [1.54, 1.807) is 12.0 Å². The first kappa shape index (κ1) is 18.3. The molecule has 0 saturated carbocycles. The van der Waals surface area contributed by atoms with Crippen LogP contribution in [0.5, 0.6) is 5.75 Å². The molecule has 1 heterocycles. The van der Waals surface area contributed by atoms with E-state index in [9.17, 15) is 18.7 Å². The number of benzene rings is 2. The minimum absolute atomic E-state index is 0.0492. The normalized spacial score (nSPS) is 19.6. The van der Waals surface area contributed by atoms with E-state index >= 15 is 0 Å². The lowest BCUT2D eigenvalue weighted by Gasteiger charge is -2.25. The highest BCUT2D eigenvalue weighted by Crippen LogP contribution is 2.34. The molecular weight excluding hydrogens is 340 g/mol. The summed E-state index contributed by atoms with van der Waals surface area (Å²) in [5, 5.41) is 10.0. The van der Waals surface area contributed by atoms with Crippen molar-refractivity contribution in [3.63, 3.8) is 0 Å². The molecular formula is C20H21F2NO3. The maximum atomic E-state index is 13.7. The molecule has 2 atom stereocenters. The fourth-order valence-corrected chi connectivity index (χ4v) is 3.37. The molecule has 0 bridgehead atoms. The van der Waals surface area contributed by atoms with E-state index in [2.05, 4.69) is 0 Å². The van der Waals surface area contributed by atoms with Crippen LogP contribution in [0.25, 0.3) is 0 Å². The number of aliphatic hydroxyl groups excluding tert-OH is 1. The van der Waals surface area contributed by atoms with Crippen LogP contribution in [0.3, 0.4) is 0 Å². The van der Waals surface area contributed by atoms with Gasteiger partial charge in [-0.05, 0) is 54.3 Å². The van der Waals surface area contributed by atoms with Gasteiger partial charge in [0.2, 0.25) is 5.91 Å². The third kappa shape index (κ3) is 4.02. The lowest BCUT2D eigenvalue weighted by Crippen LogP contribution is -2.32. The summed E-state index contributed by atoms with van der Waals surface area (Å²) in [5.41, 5.74) is 1.06. The van der Waals surface area contributed by atoms with Crippen LogP contribution >= 0.6 is 0 Å². The van der Waals surface area contributed by atoms with Crippen molar-refractivity contribution in [1.82, 2.24) is 4.90 Å². The van der Waals surface area contributed by atoms with Crippen LogP contribution < -0.4 is 4.74 Å². The van der Waals surface area contributed by atoms with Crippen molar-refractivity contribution < 1.29 is 23.4 Å². The van der Waals surface area contributed by atoms with Gasteiger partial charge in [0.15, 0.2) is 0 Å². The van der Waals surface area contributed by atoms with Gasteiger partial charge < -0.3 is 14.7 Å². The Morgan fingerprint density at radius 1 is 1.27 bits per heavy atom. The highest BCUT2D eigenvalue weighted by molar-refractivity contribution is 5.77. The minimum Gasteiger partial charge on any atom is -0.497 e. The van der Waals surface area contributed by atoms with E-state index in [4.69, 9.17) is 4.74 Å². The maximum Gasteiger partial charge on any atom is 0.223 e. The molecule has 0 radical (unpaired) electrons. The fraction of sp³-hybridized carbons (Fsp3) is 0.350. The first-order chi connectivity index (χ1) is 12.5. The standard InChI is InChI=1S/C20H21F2NO3/c1-26-17-4-2-3-14(10-17)19-11-16(24)12-23(19)20(25)8-5-13-9-15(21)6-7-18(13)22/h2-4,6-7,9-10,16,19,24H,5,8,11-12H2,1H3/t16-,19+/m0/s1. The van der Waals surface area contributed by atoms with Gasteiger partial charge in [-0.15, -0.1) is 0 Å². The van der Waals surface area contributed by atoms with Crippen LogP contribution in [-0.2, 0) is 11.2 Å². The molecule has 138 valence electrons. The number of rotatable bonds is 5. The molecule has 1 aliphatic heterocycles. The molecule has 0 unspecified atom stereocenters. The van der Waals surface area contributed by atoms with Crippen molar-refractivity contribution in [3.05, 3.63) is 65.2 Å². The highest BCUT2D eigenvalue weighted by atomic mass is 19.1. The Labute approximate surface area is 151 Å². The summed E-state index contributed by atoms with van der Waals surface area (Å²) in [6.07, 6.45) is -0.0123. The lowest BCUT2D eigenvalue weighted by molar-refractivity contribution is -0.132. The summed E-state index contributed by atoms with van der Waals surface area (Å²) in [4.78, 5) is 14.3. The molecule has 0 aliphatic carbocycles. The Hall–Kier alpha value is -2.47. The average Bonchev–Trinajstić information content (AvgIpc) is 3.04. The van der Waals surface area contributed by atoms with Gasteiger partial charge in [-0.1, -0.05) is 12.1 Å². The van der Waals surface area contributed by atoms with Crippen molar-refractivity contribution in [2.75, 3.05) is 13.7 Å². The van der Waals surface area contributed by atoms with Gasteiger partial charge in [0.05, 0.1) is 19.3 Å². The van der Waals surface area contributed by atoms with Crippen LogP contribution in [0.1, 0.15) is 30.0 Å². The molecule has 4 nitrogen and oxygen atoms in total. The number of β-amino-alcohol motifs (C(OH)–C–C–N with tert-alkyl or cyclic N) is 1. The maximum absolute atomic E-state index is 13.7. The zero-order chi connectivity index (χ0) is 18.7. The fourth-order valence-electron chi connectivity index (χ4n) is 3.37. The first-order valence-corrected chi connectivity index (χ1v) is 8.53. The second kappa shape index (κ2) is 7.83. The summed E-state index contributed by atoms with van der Waals surface area (Å²) in [5.74, 6) is -0.569. The summed E-state index contributed by atoms with van der Waals surface area (Å²) in [6.45, 7) is 0.229. The van der Waals surface area contributed by atoms with Gasteiger partial charge in [-0.25, -0.2) is 8.78 Å². The Kier molecular flexibility index (Phi) is 5.52. The quantitative estimate of drug-likeness (QED) is 0.890. The number of nitrogens with zero attached hydrogens (tertiary/aromatic N) is 1. The topological polar surface area (TPSA) is 49.8 Å². The molecule has 1 amide bonds. The number of methoxy groups -OCH3 is 1. The van der Waals surface area contributed by atoms with E-state index in [0.717, 1.165) is 23.8 Å². The average molecular weight is 361 g/mol. The number of aliphatic hydroxyl groups is 1. The smallest absolute Gasteiger partial charge is 0.223 e. The van der Waals surface area contributed by atoms with Gasteiger partial charge in [0.1, 0.15) is 17.4 Å². The Morgan fingerprint density at radius 3 is 2.85 bits per heavy atom. The molecule has 1 saturated heterocycles. The van der Waals surface area contributed by atoms with Gasteiger partial charge in [-0.2, -0.15) is 0 Å². The lowest BCUT2D eigenvalue weighted by atomic mass is 10.0. The minimum atomic E-state index is -0.610. The summed E-state index contributed by atoms with van der Waals surface area (Å²) in [6, 6.07) is 10.3. The SMILES string of the molecule is COc1cccc([C@H]2C[C@H](O)CN2C(=O)CCc2cc(F)ccc2F)c1. The van der Waals surface area contributed by atoms with Crippen molar-refractivity contribution in [3.8, 4) is 5.75 Å². The predicted octanol–water partition coefficient (Wildman–Crippen LogP) is 3.24. The highest BCUT2D eigenvalue weighted by Gasteiger charge is 2.35. The van der Waals surface area contributed by atoms with Crippen LogP contribution in [0.2, 0.25) is 0 Å². The number of amides is 1. The molecule has 6 heteroatoms. The zero-order valence-electron chi connectivity index (χ0n) is 14.5. The van der Waals surface area contributed by atoms with Gasteiger partial charge in [0.25, 0.3) is 0 Å². The summed E-state index contributed by atoms with van der Waals surface area (Å²) >= 11 is 0. The zero-order valence-corrected chi connectivity index (χ0v) is 14.5. The third-order valence-electron chi connectivity index (χ3n) is 4.69.